The molecule has 2 heterocycles. The second-order valence-corrected chi connectivity index (χ2v) is 4.53. The summed E-state index contributed by atoms with van der Waals surface area (Å²) in [5, 5.41) is 8.94. The normalized spacial score (nSPS) is 17.0. The van der Waals surface area contributed by atoms with Gasteiger partial charge in [0.1, 0.15) is 5.82 Å². The van der Waals surface area contributed by atoms with Crippen LogP contribution in [0, 0.1) is 0 Å². The van der Waals surface area contributed by atoms with Crippen molar-refractivity contribution in [2.75, 3.05) is 26.3 Å². The molecule has 92 valence electrons. The summed E-state index contributed by atoms with van der Waals surface area (Å²) in [5.41, 5.74) is 0.00302. The monoisotopic (exact) mass is 301 g/mol. The quantitative estimate of drug-likeness (QED) is 0.889. The van der Waals surface area contributed by atoms with E-state index < -0.39 is 5.97 Å². The molecule has 1 aromatic heterocycles. The first-order chi connectivity index (χ1) is 8.16. The Morgan fingerprint density at radius 3 is 2.88 bits per heavy atom. The molecule has 1 aromatic rings. The average Bonchev–Trinajstić information content (AvgIpc) is 2.32. The fourth-order valence-electron chi connectivity index (χ4n) is 1.59. The van der Waals surface area contributed by atoms with Crippen molar-refractivity contribution >= 4 is 21.9 Å². The van der Waals surface area contributed by atoms with Crippen LogP contribution in [-0.2, 0) is 11.3 Å². The van der Waals surface area contributed by atoms with Crippen LogP contribution < -0.4 is 0 Å². The van der Waals surface area contributed by atoms with E-state index in [4.69, 9.17) is 9.84 Å². The summed E-state index contributed by atoms with van der Waals surface area (Å²) in [6.07, 6.45) is 1.48. The summed E-state index contributed by atoms with van der Waals surface area (Å²) in [4.78, 5) is 21.2. The lowest BCUT2D eigenvalue weighted by Crippen LogP contribution is -2.36. The molecule has 0 radical (unpaired) electrons. The van der Waals surface area contributed by atoms with Crippen LogP contribution in [0.25, 0.3) is 0 Å². The number of nitrogens with zero attached hydrogens (tertiary/aromatic N) is 3. The Labute approximate surface area is 107 Å². The van der Waals surface area contributed by atoms with Gasteiger partial charge in [0.2, 0.25) is 0 Å². The average molecular weight is 302 g/mol. The Morgan fingerprint density at radius 2 is 2.24 bits per heavy atom. The standard InChI is InChI=1S/C10H12BrN3O3/c11-7-5-12-8(13-9(7)10(15)16)6-14-1-3-17-4-2-14/h5H,1-4,6H2,(H,15,16). The molecule has 1 aliphatic rings. The molecule has 0 aromatic carbocycles. The second-order valence-electron chi connectivity index (χ2n) is 3.68. The SMILES string of the molecule is O=C(O)c1nc(CN2CCOCC2)ncc1Br. The smallest absolute Gasteiger partial charge is 0.355 e. The summed E-state index contributed by atoms with van der Waals surface area (Å²) >= 11 is 3.12. The zero-order chi connectivity index (χ0) is 12.3. The first kappa shape index (κ1) is 12.4. The lowest BCUT2D eigenvalue weighted by Gasteiger charge is -2.25. The number of carbonyl (C=O) groups is 1. The number of hydrogen-bond acceptors (Lipinski definition) is 5. The fraction of sp³-hybridized carbons (Fsp3) is 0.500. The van der Waals surface area contributed by atoms with Gasteiger partial charge in [0, 0.05) is 19.3 Å². The molecule has 7 heteroatoms. The molecule has 0 bridgehead atoms. The van der Waals surface area contributed by atoms with Crippen molar-refractivity contribution in [2.45, 2.75) is 6.54 Å². The molecule has 0 aliphatic carbocycles. The molecular weight excluding hydrogens is 290 g/mol. The highest BCUT2D eigenvalue weighted by Crippen LogP contribution is 2.14. The van der Waals surface area contributed by atoms with Gasteiger partial charge in [-0.3, -0.25) is 4.90 Å². The highest BCUT2D eigenvalue weighted by molar-refractivity contribution is 9.10. The Hall–Kier alpha value is -1.05. The number of halogens is 1. The summed E-state index contributed by atoms with van der Waals surface area (Å²) in [7, 11) is 0. The highest BCUT2D eigenvalue weighted by Gasteiger charge is 2.15. The van der Waals surface area contributed by atoms with E-state index >= 15 is 0 Å². The van der Waals surface area contributed by atoms with E-state index in [2.05, 4.69) is 30.8 Å². The maximum atomic E-state index is 10.9. The van der Waals surface area contributed by atoms with E-state index in [1.54, 1.807) is 0 Å². The van der Waals surface area contributed by atoms with Gasteiger partial charge in [-0.15, -0.1) is 0 Å². The first-order valence-electron chi connectivity index (χ1n) is 5.21. The van der Waals surface area contributed by atoms with Crippen LogP contribution in [0.3, 0.4) is 0 Å². The van der Waals surface area contributed by atoms with E-state index in [0.717, 1.165) is 13.1 Å². The van der Waals surface area contributed by atoms with Gasteiger partial charge in [0.25, 0.3) is 0 Å². The number of aromatic carboxylic acids is 1. The molecule has 17 heavy (non-hydrogen) atoms. The number of morpholine rings is 1. The minimum absolute atomic E-state index is 0.00302. The highest BCUT2D eigenvalue weighted by atomic mass is 79.9. The predicted octanol–water partition coefficient (Wildman–Crippen LogP) is 0.769. The third-order valence-electron chi connectivity index (χ3n) is 2.47. The summed E-state index contributed by atoms with van der Waals surface area (Å²) in [5.74, 6) is -0.532. The third-order valence-corrected chi connectivity index (χ3v) is 3.05. The molecule has 0 atom stereocenters. The summed E-state index contributed by atoms with van der Waals surface area (Å²) in [6, 6.07) is 0. The van der Waals surface area contributed by atoms with Gasteiger partial charge >= 0.3 is 5.97 Å². The lowest BCUT2D eigenvalue weighted by atomic mass is 10.3. The first-order valence-corrected chi connectivity index (χ1v) is 6.01. The Balaban J connectivity index is 2.10. The van der Waals surface area contributed by atoms with Gasteiger partial charge in [0.15, 0.2) is 5.69 Å². The molecule has 0 amide bonds. The molecule has 0 spiro atoms. The molecule has 1 aliphatic heterocycles. The Morgan fingerprint density at radius 1 is 1.53 bits per heavy atom. The van der Waals surface area contributed by atoms with Crippen molar-refractivity contribution in [3.8, 4) is 0 Å². The number of aromatic nitrogens is 2. The van der Waals surface area contributed by atoms with Crippen LogP contribution in [0.15, 0.2) is 10.7 Å². The summed E-state index contributed by atoms with van der Waals surface area (Å²) in [6.45, 7) is 3.59. The minimum Gasteiger partial charge on any atom is -0.476 e. The van der Waals surface area contributed by atoms with E-state index in [0.29, 0.717) is 30.1 Å². The Kier molecular flexibility index (Phi) is 4.03. The van der Waals surface area contributed by atoms with Crippen molar-refractivity contribution in [1.82, 2.24) is 14.9 Å². The van der Waals surface area contributed by atoms with Gasteiger partial charge in [-0.05, 0) is 15.9 Å². The van der Waals surface area contributed by atoms with E-state index in [1.807, 2.05) is 0 Å². The zero-order valence-electron chi connectivity index (χ0n) is 9.10. The van der Waals surface area contributed by atoms with Crippen LogP contribution in [0.5, 0.6) is 0 Å². The number of carboxylic acid groups (broad SMARTS) is 1. The molecule has 6 nitrogen and oxygen atoms in total. The zero-order valence-corrected chi connectivity index (χ0v) is 10.7. The number of rotatable bonds is 3. The molecular formula is C10H12BrN3O3. The molecule has 1 saturated heterocycles. The molecule has 1 N–H and O–H groups in total. The maximum Gasteiger partial charge on any atom is 0.355 e. The summed E-state index contributed by atoms with van der Waals surface area (Å²) < 4.78 is 5.63. The van der Waals surface area contributed by atoms with Gasteiger partial charge in [-0.2, -0.15) is 0 Å². The van der Waals surface area contributed by atoms with Gasteiger partial charge in [-0.25, -0.2) is 14.8 Å². The van der Waals surface area contributed by atoms with Crippen molar-refractivity contribution in [2.24, 2.45) is 0 Å². The van der Waals surface area contributed by atoms with Crippen LogP contribution in [0.1, 0.15) is 16.3 Å². The van der Waals surface area contributed by atoms with Crippen LogP contribution in [0.2, 0.25) is 0 Å². The van der Waals surface area contributed by atoms with Gasteiger partial charge < -0.3 is 9.84 Å². The van der Waals surface area contributed by atoms with Gasteiger partial charge in [0.05, 0.1) is 24.2 Å². The Bertz CT molecular complexity index is 421. The van der Waals surface area contributed by atoms with Crippen LogP contribution in [0.4, 0.5) is 0 Å². The second kappa shape index (κ2) is 5.52. The topological polar surface area (TPSA) is 75.5 Å². The molecule has 0 unspecified atom stereocenters. The van der Waals surface area contributed by atoms with E-state index in [1.165, 1.54) is 6.20 Å². The van der Waals surface area contributed by atoms with Crippen molar-refractivity contribution < 1.29 is 14.6 Å². The minimum atomic E-state index is -1.05. The predicted molar refractivity (Wildman–Crippen MR) is 62.8 cm³/mol. The number of ether oxygens (including phenoxy) is 1. The van der Waals surface area contributed by atoms with Gasteiger partial charge in [-0.1, -0.05) is 0 Å². The lowest BCUT2D eigenvalue weighted by molar-refractivity contribution is 0.0329. The van der Waals surface area contributed by atoms with Crippen LogP contribution >= 0.6 is 15.9 Å². The van der Waals surface area contributed by atoms with Crippen molar-refractivity contribution in [3.05, 3.63) is 22.2 Å². The number of hydrogen-bond donors (Lipinski definition) is 1. The fourth-order valence-corrected chi connectivity index (χ4v) is 1.95. The third kappa shape index (κ3) is 3.21. The molecule has 0 saturated carbocycles. The number of carboxylic acids is 1. The van der Waals surface area contributed by atoms with Crippen LogP contribution in [-0.4, -0.2) is 52.2 Å². The van der Waals surface area contributed by atoms with E-state index in [9.17, 15) is 4.79 Å². The molecule has 1 fully saturated rings. The van der Waals surface area contributed by atoms with Crippen molar-refractivity contribution in [3.63, 3.8) is 0 Å². The molecule has 2 rings (SSSR count). The largest absolute Gasteiger partial charge is 0.476 e. The van der Waals surface area contributed by atoms with E-state index in [-0.39, 0.29) is 5.69 Å². The van der Waals surface area contributed by atoms with Crippen molar-refractivity contribution in [1.29, 1.82) is 0 Å². The maximum absolute atomic E-state index is 10.9.